The zero-order chi connectivity index (χ0) is 15.5. The number of furan rings is 1. The van der Waals surface area contributed by atoms with Crippen LogP contribution in [0.25, 0.3) is 0 Å². The molecule has 0 bridgehead atoms. The Labute approximate surface area is 128 Å². The van der Waals surface area contributed by atoms with Crippen LogP contribution >= 0.6 is 0 Å². The Hall–Kier alpha value is -2.37. The summed E-state index contributed by atoms with van der Waals surface area (Å²) in [5.74, 6) is 1.22. The highest BCUT2D eigenvalue weighted by molar-refractivity contribution is 5.88. The lowest BCUT2D eigenvalue weighted by atomic mass is 9.91. The number of nitrogens with one attached hydrogen (secondary N) is 1. The Morgan fingerprint density at radius 1 is 1.45 bits per heavy atom. The Bertz CT molecular complexity index is 627. The SMILES string of the molecule is C[C@@H]1CCN(C(=O)Nc2ccc(F)cn2)[C@H](c2ccco2)C1. The number of hydrogen-bond acceptors (Lipinski definition) is 3. The van der Waals surface area contributed by atoms with Gasteiger partial charge in [-0.1, -0.05) is 6.92 Å². The van der Waals surface area contributed by atoms with Crippen LogP contribution in [0.5, 0.6) is 0 Å². The van der Waals surface area contributed by atoms with Crippen LogP contribution in [0.3, 0.4) is 0 Å². The second-order valence-electron chi connectivity index (χ2n) is 5.65. The number of amides is 2. The van der Waals surface area contributed by atoms with Crippen molar-refractivity contribution in [1.29, 1.82) is 0 Å². The summed E-state index contributed by atoms with van der Waals surface area (Å²) in [6.45, 7) is 2.83. The van der Waals surface area contributed by atoms with Crippen LogP contribution in [0, 0.1) is 11.7 Å². The zero-order valence-corrected chi connectivity index (χ0v) is 12.3. The average molecular weight is 303 g/mol. The highest BCUT2D eigenvalue weighted by Crippen LogP contribution is 2.34. The summed E-state index contributed by atoms with van der Waals surface area (Å²) in [6, 6.07) is 6.10. The lowest BCUT2D eigenvalue weighted by Crippen LogP contribution is -2.43. The molecule has 0 aromatic carbocycles. The quantitative estimate of drug-likeness (QED) is 0.917. The smallest absolute Gasteiger partial charge is 0.323 e. The monoisotopic (exact) mass is 303 g/mol. The second-order valence-corrected chi connectivity index (χ2v) is 5.65. The molecule has 1 N–H and O–H groups in total. The molecule has 1 aliphatic rings. The van der Waals surface area contributed by atoms with Gasteiger partial charge < -0.3 is 9.32 Å². The Kier molecular flexibility index (Phi) is 4.09. The van der Waals surface area contributed by atoms with E-state index in [9.17, 15) is 9.18 Å². The molecule has 1 fully saturated rings. The van der Waals surface area contributed by atoms with E-state index in [1.807, 2.05) is 12.1 Å². The van der Waals surface area contributed by atoms with E-state index in [4.69, 9.17) is 4.42 Å². The lowest BCUT2D eigenvalue weighted by molar-refractivity contribution is 0.129. The molecule has 0 aliphatic carbocycles. The molecule has 0 spiro atoms. The van der Waals surface area contributed by atoms with Crippen molar-refractivity contribution < 1.29 is 13.6 Å². The topological polar surface area (TPSA) is 58.4 Å². The maximum atomic E-state index is 12.9. The van der Waals surface area contributed by atoms with E-state index >= 15 is 0 Å². The number of aromatic nitrogens is 1. The molecule has 3 rings (SSSR count). The van der Waals surface area contributed by atoms with E-state index in [1.165, 1.54) is 12.1 Å². The van der Waals surface area contributed by atoms with E-state index in [2.05, 4.69) is 17.2 Å². The summed E-state index contributed by atoms with van der Waals surface area (Å²) in [5, 5.41) is 2.71. The number of halogens is 1. The highest BCUT2D eigenvalue weighted by Gasteiger charge is 2.32. The molecular formula is C16H18FN3O2. The average Bonchev–Trinajstić information content (AvgIpc) is 3.03. The summed E-state index contributed by atoms with van der Waals surface area (Å²) in [5.41, 5.74) is 0. The minimum Gasteiger partial charge on any atom is -0.467 e. The Morgan fingerprint density at radius 2 is 2.32 bits per heavy atom. The number of piperidine rings is 1. The lowest BCUT2D eigenvalue weighted by Gasteiger charge is -2.37. The number of hydrogen-bond donors (Lipinski definition) is 1. The third-order valence-electron chi connectivity index (χ3n) is 3.96. The molecule has 2 aromatic rings. The number of likely N-dealkylation sites (tertiary alicyclic amines) is 1. The first-order chi connectivity index (χ1) is 10.6. The first-order valence-corrected chi connectivity index (χ1v) is 7.36. The maximum Gasteiger partial charge on any atom is 0.323 e. The summed E-state index contributed by atoms with van der Waals surface area (Å²) in [4.78, 5) is 18.1. The van der Waals surface area contributed by atoms with Gasteiger partial charge >= 0.3 is 6.03 Å². The van der Waals surface area contributed by atoms with Crippen molar-refractivity contribution >= 4 is 11.8 Å². The molecule has 0 radical (unpaired) electrons. The van der Waals surface area contributed by atoms with Gasteiger partial charge in [0, 0.05) is 6.54 Å². The van der Waals surface area contributed by atoms with Gasteiger partial charge in [0.25, 0.3) is 0 Å². The summed E-state index contributed by atoms with van der Waals surface area (Å²) in [6.07, 6.45) is 4.50. The van der Waals surface area contributed by atoms with Gasteiger partial charge in [-0.15, -0.1) is 0 Å². The fourth-order valence-corrected chi connectivity index (χ4v) is 2.77. The maximum absolute atomic E-state index is 12.9. The molecule has 6 heteroatoms. The van der Waals surface area contributed by atoms with E-state index in [0.717, 1.165) is 24.8 Å². The minimum atomic E-state index is -0.432. The van der Waals surface area contributed by atoms with Crippen LogP contribution in [0.1, 0.15) is 31.6 Å². The van der Waals surface area contributed by atoms with E-state index in [0.29, 0.717) is 18.3 Å². The molecule has 1 saturated heterocycles. The predicted molar refractivity (Wildman–Crippen MR) is 79.8 cm³/mol. The van der Waals surface area contributed by atoms with Gasteiger partial charge in [0.05, 0.1) is 18.5 Å². The van der Waals surface area contributed by atoms with Gasteiger partial charge in [-0.05, 0) is 43.0 Å². The molecule has 0 saturated carbocycles. The molecule has 116 valence electrons. The van der Waals surface area contributed by atoms with Crippen molar-refractivity contribution in [3.8, 4) is 0 Å². The number of pyridine rings is 1. The molecule has 2 amide bonds. The van der Waals surface area contributed by atoms with Crippen LogP contribution in [-0.2, 0) is 0 Å². The molecule has 2 atom stereocenters. The van der Waals surface area contributed by atoms with Crippen molar-refractivity contribution in [2.45, 2.75) is 25.8 Å². The number of carbonyl (C=O) groups is 1. The van der Waals surface area contributed by atoms with Crippen LogP contribution in [0.2, 0.25) is 0 Å². The van der Waals surface area contributed by atoms with Crippen molar-refractivity contribution in [3.63, 3.8) is 0 Å². The van der Waals surface area contributed by atoms with Crippen molar-refractivity contribution in [1.82, 2.24) is 9.88 Å². The van der Waals surface area contributed by atoms with Crippen molar-refractivity contribution in [3.05, 3.63) is 48.3 Å². The van der Waals surface area contributed by atoms with Crippen LogP contribution in [0.15, 0.2) is 41.1 Å². The second kappa shape index (κ2) is 6.17. The van der Waals surface area contributed by atoms with E-state index < -0.39 is 5.82 Å². The molecule has 5 nitrogen and oxygen atoms in total. The third-order valence-corrected chi connectivity index (χ3v) is 3.96. The molecule has 0 unspecified atom stereocenters. The number of anilines is 1. The van der Waals surface area contributed by atoms with Gasteiger partial charge in [-0.25, -0.2) is 14.2 Å². The molecular weight excluding hydrogens is 285 g/mol. The molecule has 1 aliphatic heterocycles. The highest BCUT2D eigenvalue weighted by atomic mass is 19.1. The van der Waals surface area contributed by atoms with Crippen LogP contribution in [-0.4, -0.2) is 22.5 Å². The van der Waals surface area contributed by atoms with Crippen LogP contribution in [0.4, 0.5) is 15.0 Å². The summed E-state index contributed by atoms with van der Waals surface area (Å²) >= 11 is 0. The Morgan fingerprint density at radius 3 is 3.00 bits per heavy atom. The molecule has 22 heavy (non-hydrogen) atoms. The van der Waals surface area contributed by atoms with E-state index in [-0.39, 0.29) is 12.1 Å². The third kappa shape index (κ3) is 3.10. The first kappa shape index (κ1) is 14.6. The predicted octanol–water partition coefficient (Wildman–Crippen LogP) is 3.82. The fourth-order valence-electron chi connectivity index (χ4n) is 2.77. The largest absolute Gasteiger partial charge is 0.467 e. The fraction of sp³-hybridized carbons (Fsp3) is 0.375. The van der Waals surface area contributed by atoms with Gasteiger partial charge in [0.2, 0.25) is 0 Å². The Balaban J connectivity index is 1.75. The summed E-state index contributed by atoms with van der Waals surface area (Å²) in [7, 11) is 0. The number of rotatable bonds is 2. The number of carbonyl (C=O) groups excluding carboxylic acids is 1. The van der Waals surface area contributed by atoms with Crippen molar-refractivity contribution in [2.24, 2.45) is 5.92 Å². The van der Waals surface area contributed by atoms with Crippen LogP contribution < -0.4 is 5.32 Å². The number of nitrogens with zero attached hydrogens (tertiary/aromatic N) is 2. The van der Waals surface area contributed by atoms with Gasteiger partial charge in [0.15, 0.2) is 0 Å². The summed E-state index contributed by atoms with van der Waals surface area (Å²) < 4.78 is 18.4. The van der Waals surface area contributed by atoms with Crippen molar-refractivity contribution in [2.75, 3.05) is 11.9 Å². The zero-order valence-electron chi connectivity index (χ0n) is 12.3. The first-order valence-electron chi connectivity index (χ1n) is 7.36. The minimum absolute atomic E-state index is 0.0841. The molecule has 3 heterocycles. The molecule has 2 aromatic heterocycles. The standard InChI is InChI=1S/C16H18FN3O2/c1-11-6-7-20(13(9-11)14-3-2-8-22-14)16(21)19-15-5-4-12(17)10-18-15/h2-5,8,10-11,13H,6-7,9H2,1H3,(H,18,19,21)/t11-,13+/m1/s1. The van der Waals surface area contributed by atoms with E-state index in [1.54, 1.807) is 11.2 Å². The van der Waals surface area contributed by atoms with Gasteiger partial charge in [-0.2, -0.15) is 0 Å². The normalized spacial score (nSPS) is 21.6. The number of urea groups is 1. The van der Waals surface area contributed by atoms with Gasteiger partial charge in [0.1, 0.15) is 17.4 Å². The van der Waals surface area contributed by atoms with Gasteiger partial charge in [-0.3, -0.25) is 5.32 Å².